The van der Waals surface area contributed by atoms with Crippen LogP contribution in [0.3, 0.4) is 0 Å². The number of amides is 1. The van der Waals surface area contributed by atoms with Crippen molar-refractivity contribution in [2.75, 3.05) is 27.7 Å². The number of aryl methyl sites for hydroxylation is 2. The fourth-order valence-corrected chi connectivity index (χ4v) is 2.50. The van der Waals surface area contributed by atoms with Crippen LogP contribution in [0.1, 0.15) is 33.4 Å². The summed E-state index contributed by atoms with van der Waals surface area (Å²) in [4.78, 5) is 27.4. The Bertz CT molecular complexity index is 746. The van der Waals surface area contributed by atoms with Crippen LogP contribution in [0.4, 0.5) is 0 Å². The van der Waals surface area contributed by atoms with Gasteiger partial charge in [0.05, 0.1) is 26.7 Å². The minimum Gasteiger partial charge on any atom is -0.465 e. The summed E-state index contributed by atoms with van der Waals surface area (Å²) in [5, 5.41) is 0. The van der Waals surface area contributed by atoms with Crippen LogP contribution in [0.2, 0.25) is 0 Å². The smallest absolute Gasteiger partial charge is 0.341 e. The zero-order chi connectivity index (χ0) is 18.6. The third-order valence-corrected chi connectivity index (χ3v) is 3.82. The molecule has 0 aliphatic rings. The molecular weight excluding hydrogens is 324 g/mol. The Labute approximate surface area is 147 Å². The maximum atomic E-state index is 12.3. The summed E-state index contributed by atoms with van der Waals surface area (Å²) in [6.45, 7) is 4.64. The molecule has 0 N–H and O–H groups in total. The molecule has 0 spiro atoms. The predicted molar refractivity (Wildman–Crippen MR) is 91.0 cm³/mol. The molecule has 0 atom stereocenters. The van der Waals surface area contributed by atoms with E-state index in [0.717, 1.165) is 11.5 Å². The molecule has 0 aromatic carbocycles. The van der Waals surface area contributed by atoms with Crippen molar-refractivity contribution < 1.29 is 23.2 Å². The number of ether oxygens (including phenoxy) is 1. The highest BCUT2D eigenvalue weighted by atomic mass is 16.5. The average Bonchev–Trinajstić information content (AvgIpc) is 3.11. The molecule has 0 fully saturated rings. The highest BCUT2D eigenvalue weighted by molar-refractivity contribution is 5.90. The van der Waals surface area contributed by atoms with Crippen LogP contribution in [-0.2, 0) is 22.6 Å². The summed E-state index contributed by atoms with van der Waals surface area (Å²) in [5.41, 5.74) is 0.405. The number of nitrogens with zero attached hydrogens (tertiary/aromatic N) is 2. The van der Waals surface area contributed by atoms with E-state index >= 15 is 0 Å². The maximum absolute atomic E-state index is 12.3. The second-order valence-electron chi connectivity index (χ2n) is 6.11. The number of rotatable bonds is 7. The van der Waals surface area contributed by atoms with Gasteiger partial charge >= 0.3 is 5.97 Å². The van der Waals surface area contributed by atoms with Crippen molar-refractivity contribution in [1.29, 1.82) is 0 Å². The lowest BCUT2D eigenvalue weighted by molar-refractivity contribution is -0.131. The van der Waals surface area contributed by atoms with Crippen molar-refractivity contribution in [2.24, 2.45) is 0 Å². The van der Waals surface area contributed by atoms with Crippen molar-refractivity contribution in [1.82, 2.24) is 9.80 Å². The SMILES string of the molecule is COC(=O)c1cc(CN(C)CC(=O)N(C)Cc2ccc(C)o2)oc1C. The van der Waals surface area contributed by atoms with Crippen LogP contribution in [-0.4, -0.2) is 49.4 Å². The van der Waals surface area contributed by atoms with Gasteiger partial charge in [-0.3, -0.25) is 9.69 Å². The fourth-order valence-electron chi connectivity index (χ4n) is 2.50. The van der Waals surface area contributed by atoms with E-state index in [1.165, 1.54) is 7.11 Å². The fraction of sp³-hybridized carbons (Fsp3) is 0.444. The predicted octanol–water partition coefficient (Wildman–Crippen LogP) is 2.37. The number of likely N-dealkylation sites (N-methyl/N-ethyl adjacent to an activating group) is 2. The van der Waals surface area contributed by atoms with Crippen LogP contribution < -0.4 is 0 Å². The lowest BCUT2D eigenvalue weighted by Gasteiger charge is -2.20. The summed E-state index contributed by atoms with van der Waals surface area (Å²) >= 11 is 0. The first-order valence-electron chi connectivity index (χ1n) is 7.95. The second kappa shape index (κ2) is 8.02. The van der Waals surface area contributed by atoms with Crippen molar-refractivity contribution >= 4 is 11.9 Å². The van der Waals surface area contributed by atoms with Crippen LogP contribution in [0, 0.1) is 13.8 Å². The van der Waals surface area contributed by atoms with Gasteiger partial charge in [-0.15, -0.1) is 0 Å². The second-order valence-corrected chi connectivity index (χ2v) is 6.11. The van der Waals surface area contributed by atoms with Crippen molar-refractivity contribution in [2.45, 2.75) is 26.9 Å². The quantitative estimate of drug-likeness (QED) is 0.715. The molecule has 0 radical (unpaired) electrons. The minimum absolute atomic E-state index is 0.0342. The summed E-state index contributed by atoms with van der Waals surface area (Å²) < 4.78 is 15.8. The Kier molecular flexibility index (Phi) is 6.03. The van der Waals surface area contributed by atoms with Gasteiger partial charge in [0, 0.05) is 7.05 Å². The molecule has 0 saturated heterocycles. The van der Waals surface area contributed by atoms with E-state index < -0.39 is 5.97 Å². The first kappa shape index (κ1) is 18.8. The van der Waals surface area contributed by atoms with Crippen molar-refractivity contribution in [3.8, 4) is 0 Å². The summed E-state index contributed by atoms with van der Waals surface area (Å²) in [6.07, 6.45) is 0. The van der Waals surface area contributed by atoms with Crippen LogP contribution in [0.15, 0.2) is 27.0 Å². The van der Waals surface area contributed by atoms with Gasteiger partial charge < -0.3 is 18.5 Å². The normalized spacial score (nSPS) is 11.0. The van der Waals surface area contributed by atoms with Gasteiger partial charge in [-0.1, -0.05) is 0 Å². The number of hydrogen-bond acceptors (Lipinski definition) is 6. The summed E-state index contributed by atoms with van der Waals surface area (Å²) in [5.74, 6) is 2.22. The van der Waals surface area contributed by atoms with E-state index in [0.29, 0.717) is 30.2 Å². The lowest BCUT2D eigenvalue weighted by Crippen LogP contribution is -2.35. The topological polar surface area (TPSA) is 76.1 Å². The molecule has 0 saturated carbocycles. The standard InChI is InChI=1S/C18H24N2O5/c1-12-6-7-14(24-12)10-20(4)17(21)11-19(3)9-15-8-16(13(2)25-15)18(22)23-5/h6-8H,9-11H2,1-5H3. The van der Waals surface area contributed by atoms with Gasteiger partial charge in [-0.25, -0.2) is 4.79 Å². The number of furan rings is 2. The highest BCUT2D eigenvalue weighted by Crippen LogP contribution is 2.17. The van der Waals surface area contributed by atoms with E-state index in [-0.39, 0.29) is 12.5 Å². The Balaban J connectivity index is 1.89. The number of carbonyl (C=O) groups excluding carboxylic acids is 2. The third kappa shape index (κ3) is 4.96. The molecule has 2 aromatic rings. The molecule has 25 heavy (non-hydrogen) atoms. The van der Waals surface area contributed by atoms with E-state index in [2.05, 4.69) is 0 Å². The number of methoxy groups -OCH3 is 1. The van der Waals surface area contributed by atoms with Crippen molar-refractivity contribution in [3.63, 3.8) is 0 Å². The van der Waals surface area contributed by atoms with E-state index in [1.807, 2.05) is 31.0 Å². The van der Waals surface area contributed by atoms with Gasteiger partial charge in [0.15, 0.2) is 0 Å². The monoisotopic (exact) mass is 348 g/mol. The zero-order valence-electron chi connectivity index (χ0n) is 15.3. The molecule has 7 nitrogen and oxygen atoms in total. The van der Waals surface area contributed by atoms with E-state index in [9.17, 15) is 9.59 Å². The Morgan fingerprint density at radius 2 is 1.80 bits per heavy atom. The largest absolute Gasteiger partial charge is 0.465 e. The molecule has 0 unspecified atom stereocenters. The highest BCUT2D eigenvalue weighted by Gasteiger charge is 2.18. The van der Waals surface area contributed by atoms with Gasteiger partial charge in [0.25, 0.3) is 0 Å². The Hall–Kier alpha value is -2.54. The Morgan fingerprint density at radius 3 is 2.40 bits per heavy atom. The minimum atomic E-state index is -0.431. The van der Waals surface area contributed by atoms with Crippen LogP contribution in [0.25, 0.3) is 0 Å². The zero-order valence-corrected chi connectivity index (χ0v) is 15.3. The number of carbonyl (C=O) groups is 2. The molecule has 2 heterocycles. The molecule has 0 aliphatic heterocycles. The maximum Gasteiger partial charge on any atom is 0.341 e. The number of esters is 1. The van der Waals surface area contributed by atoms with Gasteiger partial charge in [-0.05, 0) is 39.1 Å². The molecule has 2 aromatic heterocycles. The van der Waals surface area contributed by atoms with Crippen molar-refractivity contribution in [3.05, 3.63) is 46.8 Å². The molecule has 0 bridgehead atoms. The van der Waals surface area contributed by atoms with Gasteiger partial charge in [0.1, 0.15) is 28.6 Å². The molecule has 2 rings (SSSR count). The van der Waals surface area contributed by atoms with Gasteiger partial charge in [0.2, 0.25) is 5.91 Å². The van der Waals surface area contributed by atoms with Crippen LogP contribution >= 0.6 is 0 Å². The van der Waals surface area contributed by atoms with Crippen LogP contribution in [0.5, 0.6) is 0 Å². The first-order chi connectivity index (χ1) is 11.8. The summed E-state index contributed by atoms with van der Waals surface area (Å²) in [7, 11) is 4.88. The Morgan fingerprint density at radius 1 is 1.08 bits per heavy atom. The van der Waals surface area contributed by atoms with E-state index in [1.54, 1.807) is 24.9 Å². The molecule has 7 heteroatoms. The third-order valence-electron chi connectivity index (χ3n) is 3.82. The molecule has 1 amide bonds. The molecular formula is C18H24N2O5. The first-order valence-corrected chi connectivity index (χ1v) is 7.95. The van der Waals surface area contributed by atoms with Gasteiger partial charge in [-0.2, -0.15) is 0 Å². The summed E-state index contributed by atoms with van der Waals surface area (Å²) in [6, 6.07) is 5.39. The number of hydrogen-bond donors (Lipinski definition) is 0. The molecule has 136 valence electrons. The lowest BCUT2D eigenvalue weighted by atomic mass is 10.2. The average molecular weight is 348 g/mol. The molecule has 0 aliphatic carbocycles. The van der Waals surface area contributed by atoms with E-state index in [4.69, 9.17) is 13.6 Å².